The van der Waals surface area contributed by atoms with E-state index in [1.54, 1.807) is 0 Å². The van der Waals surface area contributed by atoms with Gasteiger partial charge in [-0.05, 0) is 10.8 Å². The van der Waals surface area contributed by atoms with Crippen LogP contribution in [0.4, 0.5) is 0 Å². The van der Waals surface area contributed by atoms with Gasteiger partial charge in [-0.25, -0.2) is 9.59 Å². The number of aryl methyl sites for hydroxylation is 1. The highest BCUT2D eigenvalue weighted by Gasteiger charge is 2.17. The molecule has 0 radical (unpaired) electrons. The second-order valence-electron chi connectivity index (χ2n) is 5.85. The first-order chi connectivity index (χ1) is 12.0. The molecule has 0 fully saturated rings. The summed E-state index contributed by atoms with van der Waals surface area (Å²) >= 11 is 0. The highest BCUT2D eigenvalue weighted by atomic mass is 16.2. The number of hydrogen-bond acceptors (Lipinski definition) is 4. The molecule has 4 rings (SSSR count). The molecule has 0 amide bonds. The fraction of sp³-hybridized carbons (Fsp3) is 0.111. The molecule has 0 atom stereocenters. The van der Waals surface area contributed by atoms with Crippen LogP contribution in [0.2, 0.25) is 0 Å². The minimum Gasteiger partial charge on any atom is -0.304 e. The normalized spacial score (nSPS) is 11.3. The molecular formula is C18H14N4O3. The molecule has 0 saturated carbocycles. The molecule has 0 bridgehead atoms. The first kappa shape index (κ1) is 15.1. The Labute approximate surface area is 140 Å². The average molecular weight is 334 g/mol. The summed E-state index contributed by atoms with van der Waals surface area (Å²) in [5, 5.41) is 2.08. The van der Waals surface area contributed by atoms with Crippen LogP contribution in [0.1, 0.15) is 0 Å². The number of aromatic amines is 1. The summed E-state index contributed by atoms with van der Waals surface area (Å²) in [5.41, 5.74) is -0.496. The lowest BCUT2D eigenvalue weighted by molar-refractivity contribution is 0.705. The van der Waals surface area contributed by atoms with E-state index >= 15 is 0 Å². The predicted molar refractivity (Wildman–Crippen MR) is 95.8 cm³/mol. The first-order valence-corrected chi connectivity index (χ1v) is 7.67. The van der Waals surface area contributed by atoms with E-state index in [4.69, 9.17) is 0 Å². The second kappa shape index (κ2) is 5.27. The number of H-pyrrole nitrogens is 1. The summed E-state index contributed by atoms with van der Waals surface area (Å²) < 4.78 is 2.22. The van der Waals surface area contributed by atoms with E-state index in [-0.39, 0.29) is 11.0 Å². The van der Waals surface area contributed by atoms with E-state index in [1.807, 2.05) is 42.5 Å². The topological polar surface area (TPSA) is 89.8 Å². The lowest BCUT2D eigenvalue weighted by Gasteiger charge is -2.11. The third kappa shape index (κ3) is 2.13. The first-order valence-electron chi connectivity index (χ1n) is 7.67. The van der Waals surface area contributed by atoms with Gasteiger partial charge in [-0.3, -0.25) is 13.9 Å². The molecule has 0 aliphatic heterocycles. The van der Waals surface area contributed by atoms with Crippen molar-refractivity contribution in [2.24, 2.45) is 14.1 Å². The Morgan fingerprint density at radius 2 is 1.64 bits per heavy atom. The van der Waals surface area contributed by atoms with E-state index in [9.17, 15) is 14.4 Å². The maximum atomic E-state index is 12.7. The molecule has 0 unspecified atom stereocenters. The Hall–Kier alpha value is -3.48. The van der Waals surface area contributed by atoms with Crippen LogP contribution in [0, 0.1) is 0 Å². The van der Waals surface area contributed by atoms with Crippen molar-refractivity contribution in [2.45, 2.75) is 0 Å². The SMILES string of the molecule is Cn1c(=O)c2c(-c3cccc4ccccc34)[nH]c(=O)nc2n(C)c1=O. The van der Waals surface area contributed by atoms with Crippen molar-refractivity contribution in [2.75, 3.05) is 0 Å². The van der Waals surface area contributed by atoms with Gasteiger partial charge in [0.1, 0.15) is 5.39 Å². The molecule has 7 heteroatoms. The number of fused-ring (bicyclic) bond motifs is 2. The number of hydrogen-bond donors (Lipinski definition) is 1. The molecule has 2 aromatic carbocycles. The average Bonchev–Trinajstić information content (AvgIpc) is 2.63. The third-order valence-electron chi connectivity index (χ3n) is 4.38. The molecule has 1 N–H and O–H groups in total. The molecular weight excluding hydrogens is 320 g/mol. The standard InChI is InChI=1S/C18H14N4O3/c1-21-15-13(16(23)22(2)18(21)25)14(19-17(24)20-15)12-9-5-7-10-6-3-4-8-11(10)12/h3-9H,1-2H3,(H,19,20,24). The molecule has 25 heavy (non-hydrogen) atoms. The predicted octanol–water partition coefficient (Wildman–Crippen LogP) is 1.14. The summed E-state index contributed by atoms with van der Waals surface area (Å²) in [7, 11) is 2.89. The minimum atomic E-state index is -0.612. The number of aromatic nitrogens is 4. The number of nitrogens with zero attached hydrogens (tertiary/aromatic N) is 3. The van der Waals surface area contributed by atoms with E-state index in [1.165, 1.54) is 18.7 Å². The van der Waals surface area contributed by atoms with Crippen molar-refractivity contribution < 1.29 is 0 Å². The maximum absolute atomic E-state index is 12.7. The van der Waals surface area contributed by atoms with Gasteiger partial charge in [-0.1, -0.05) is 42.5 Å². The Balaban J connectivity index is 2.29. The van der Waals surface area contributed by atoms with E-state index in [2.05, 4.69) is 9.97 Å². The van der Waals surface area contributed by atoms with Gasteiger partial charge in [0.2, 0.25) is 0 Å². The van der Waals surface area contributed by atoms with Gasteiger partial charge >= 0.3 is 11.4 Å². The van der Waals surface area contributed by atoms with Crippen LogP contribution in [0.15, 0.2) is 56.8 Å². The Morgan fingerprint density at radius 1 is 0.920 bits per heavy atom. The third-order valence-corrected chi connectivity index (χ3v) is 4.38. The highest BCUT2D eigenvalue weighted by molar-refractivity contribution is 6.02. The van der Waals surface area contributed by atoms with Crippen molar-refractivity contribution in [3.05, 3.63) is 73.8 Å². The Bertz CT molecular complexity index is 1320. The van der Waals surface area contributed by atoms with Crippen molar-refractivity contribution in [1.82, 2.24) is 19.1 Å². The number of benzene rings is 2. The van der Waals surface area contributed by atoms with Crippen LogP contribution >= 0.6 is 0 Å². The van der Waals surface area contributed by atoms with E-state index in [0.29, 0.717) is 11.3 Å². The Morgan fingerprint density at radius 3 is 2.44 bits per heavy atom. The van der Waals surface area contributed by atoms with Crippen LogP contribution in [0.5, 0.6) is 0 Å². The van der Waals surface area contributed by atoms with Gasteiger partial charge in [0.15, 0.2) is 5.65 Å². The van der Waals surface area contributed by atoms with Gasteiger partial charge in [-0.2, -0.15) is 4.98 Å². The van der Waals surface area contributed by atoms with Crippen molar-refractivity contribution in [3.63, 3.8) is 0 Å². The van der Waals surface area contributed by atoms with E-state index < -0.39 is 16.9 Å². The molecule has 2 aromatic heterocycles. The summed E-state index contributed by atoms with van der Waals surface area (Å²) in [6.45, 7) is 0. The van der Waals surface area contributed by atoms with Crippen molar-refractivity contribution >= 4 is 21.8 Å². The molecule has 2 heterocycles. The monoisotopic (exact) mass is 334 g/mol. The number of rotatable bonds is 1. The number of nitrogens with one attached hydrogen (secondary N) is 1. The second-order valence-corrected chi connectivity index (χ2v) is 5.85. The lowest BCUT2D eigenvalue weighted by Crippen LogP contribution is -2.38. The summed E-state index contributed by atoms with van der Waals surface area (Å²) in [5.74, 6) is 0. The van der Waals surface area contributed by atoms with Gasteiger partial charge in [0.25, 0.3) is 5.56 Å². The van der Waals surface area contributed by atoms with Gasteiger partial charge in [0.05, 0.1) is 5.69 Å². The fourth-order valence-electron chi connectivity index (χ4n) is 3.12. The zero-order valence-corrected chi connectivity index (χ0v) is 13.6. The molecule has 124 valence electrons. The highest BCUT2D eigenvalue weighted by Crippen LogP contribution is 2.29. The summed E-state index contributed by atoms with van der Waals surface area (Å²) in [6.07, 6.45) is 0. The van der Waals surface area contributed by atoms with Crippen LogP contribution in [0.3, 0.4) is 0 Å². The fourth-order valence-corrected chi connectivity index (χ4v) is 3.12. The van der Waals surface area contributed by atoms with Gasteiger partial charge < -0.3 is 4.98 Å². The van der Waals surface area contributed by atoms with Crippen molar-refractivity contribution in [1.29, 1.82) is 0 Å². The van der Waals surface area contributed by atoms with E-state index in [0.717, 1.165) is 15.3 Å². The summed E-state index contributed by atoms with van der Waals surface area (Å²) in [4.78, 5) is 43.5. The van der Waals surface area contributed by atoms with Crippen molar-refractivity contribution in [3.8, 4) is 11.3 Å². The molecule has 0 spiro atoms. The van der Waals surface area contributed by atoms with Gasteiger partial charge in [-0.15, -0.1) is 0 Å². The van der Waals surface area contributed by atoms with Crippen LogP contribution < -0.4 is 16.9 Å². The molecule has 0 aliphatic rings. The van der Waals surface area contributed by atoms with Crippen LogP contribution in [0.25, 0.3) is 33.1 Å². The van der Waals surface area contributed by atoms with Crippen LogP contribution in [-0.4, -0.2) is 19.1 Å². The lowest BCUT2D eigenvalue weighted by atomic mass is 10.0. The maximum Gasteiger partial charge on any atom is 0.347 e. The smallest absolute Gasteiger partial charge is 0.304 e. The molecule has 7 nitrogen and oxygen atoms in total. The quantitative estimate of drug-likeness (QED) is 0.565. The van der Waals surface area contributed by atoms with Crippen LogP contribution in [-0.2, 0) is 14.1 Å². The zero-order valence-electron chi connectivity index (χ0n) is 13.6. The minimum absolute atomic E-state index is 0.0692. The largest absolute Gasteiger partial charge is 0.347 e. The molecule has 4 aromatic rings. The summed E-state index contributed by atoms with van der Waals surface area (Å²) in [6, 6.07) is 13.3. The zero-order chi connectivity index (χ0) is 17.7. The molecule has 0 saturated heterocycles. The van der Waals surface area contributed by atoms with Gasteiger partial charge in [0, 0.05) is 19.7 Å². The molecule has 0 aliphatic carbocycles. The Kier molecular flexibility index (Phi) is 3.18.